The Morgan fingerprint density at radius 1 is 1.08 bits per heavy atom. The highest BCUT2D eigenvalue weighted by atomic mass is 16.5. The van der Waals surface area contributed by atoms with Crippen LogP contribution >= 0.6 is 0 Å². The van der Waals surface area contributed by atoms with Crippen LogP contribution in [0.25, 0.3) is 0 Å². The second-order valence-electron chi connectivity index (χ2n) is 5.74. The van der Waals surface area contributed by atoms with Gasteiger partial charge in [-0.1, -0.05) is 42.5 Å². The molecular formula is C19H21NO4. The summed E-state index contributed by atoms with van der Waals surface area (Å²) < 4.78 is 5.46. The minimum Gasteiger partial charge on any atom is -0.481 e. The third-order valence-electron chi connectivity index (χ3n) is 4.21. The van der Waals surface area contributed by atoms with Crippen LogP contribution in [-0.2, 0) is 19.9 Å². The van der Waals surface area contributed by atoms with Crippen molar-refractivity contribution >= 4 is 17.6 Å². The molecule has 5 nitrogen and oxygen atoms in total. The van der Waals surface area contributed by atoms with Crippen LogP contribution in [0.3, 0.4) is 0 Å². The summed E-state index contributed by atoms with van der Waals surface area (Å²) in [6.45, 7) is 3.33. The first-order valence-corrected chi connectivity index (χ1v) is 7.63. The van der Waals surface area contributed by atoms with E-state index in [2.05, 4.69) is 5.32 Å². The predicted molar refractivity (Wildman–Crippen MR) is 91.9 cm³/mol. The largest absolute Gasteiger partial charge is 0.481 e. The van der Waals surface area contributed by atoms with Crippen LogP contribution in [0.2, 0.25) is 0 Å². The van der Waals surface area contributed by atoms with Crippen LogP contribution < -0.4 is 5.32 Å². The Morgan fingerprint density at radius 3 is 2.17 bits per heavy atom. The highest BCUT2D eigenvalue weighted by Crippen LogP contribution is 2.27. The van der Waals surface area contributed by atoms with Crippen molar-refractivity contribution in [2.75, 3.05) is 12.4 Å². The van der Waals surface area contributed by atoms with Crippen molar-refractivity contribution in [2.24, 2.45) is 0 Å². The Kier molecular flexibility index (Phi) is 5.36. The van der Waals surface area contributed by atoms with Gasteiger partial charge in [0.25, 0.3) is 5.91 Å². The number of carbonyl (C=O) groups excluding carboxylic acids is 1. The van der Waals surface area contributed by atoms with Crippen molar-refractivity contribution in [1.29, 1.82) is 0 Å². The van der Waals surface area contributed by atoms with Gasteiger partial charge in [0, 0.05) is 12.8 Å². The van der Waals surface area contributed by atoms with Crippen molar-refractivity contribution in [3.63, 3.8) is 0 Å². The third kappa shape index (κ3) is 3.63. The Labute approximate surface area is 141 Å². The summed E-state index contributed by atoms with van der Waals surface area (Å²) in [6, 6.07) is 16.0. The van der Waals surface area contributed by atoms with Crippen LogP contribution in [-0.4, -0.2) is 24.1 Å². The molecule has 0 radical (unpaired) electrons. The molecule has 0 heterocycles. The van der Waals surface area contributed by atoms with Crippen LogP contribution in [0, 0.1) is 0 Å². The molecule has 5 heteroatoms. The van der Waals surface area contributed by atoms with Gasteiger partial charge in [-0.3, -0.25) is 9.59 Å². The molecule has 24 heavy (non-hydrogen) atoms. The fourth-order valence-electron chi connectivity index (χ4n) is 2.35. The van der Waals surface area contributed by atoms with Crippen LogP contribution in [0.5, 0.6) is 0 Å². The molecule has 0 spiro atoms. The number of amides is 1. The molecule has 0 aromatic heterocycles. The van der Waals surface area contributed by atoms with Crippen molar-refractivity contribution in [3.05, 3.63) is 65.7 Å². The van der Waals surface area contributed by atoms with Gasteiger partial charge in [0.05, 0.1) is 5.92 Å². The zero-order valence-electron chi connectivity index (χ0n) is 13.9. The summed E-state index contributed by atoms with van der Waals surface area (Å²) in [5, 5.41) is 11.8. The quantitative estimate of drug-likeness (QED) is 0.853. The SMILES string of the molecule is COC(C)(C(=O)Nc1ccc(C(C)C(=O)O)cc1)c1ccccc1. The lowest BCUT2D eigenvalue weighted by Gasteiger charge is -2.27. The first-order chi connectivity index (χ1) is 11.4. The molecule has 0 bridgehead atoms. The zero-order valence-corrected chi connectivity index (χ0v) is 13.9. The van der Waals surface area contributed by atoms with Gasteiger partial charge in [0.2, 0.25) is 0 Å². The van der Waals surface area contributed by atoms with E-state index < -0.39 is 17.5 Å². The van der Waals surface area contributed by atoms with E-state index in [-0.39, 0.29) is 5.91 Å². The molecule has 0 aliphatic heterocycles. The standard InChI is InChI=1S/C19H21NO4/c1-13(17(21)22)14-9-11-16(12-10-14)20-18(23)19(2,24-3)15-7-5-4-6-8-15/h4-13H,1-3H3,(H,20,23)(H,21,22). The molecule has 0 fully saturated rings. The summed E-state index contributed by atoms with van der Waals surface area (Å²) in [4.78, 5) is 23.7. The predicted octanol–water partition coefficient (Wildman–Crippen LogP) is 3.38. The summed E-state index contributed by atoms with van der Waals surface area (Å²) >= 11 is 0. The fourth-order valence-corrected chi connectivity index (χ4v) is 2.35. The van der Waals surface area contributed by atoms with Gasteiger partial charge in [-0.05, 0) is 37.1 Å². The number of ether oxygens (including phenoxy) is 1. The average Bonchev–Trinajstić information content (AvgIpc) is 2.61. The number of methoxy groups -OCH3 is 1. The van der Waals surface area contributed by atoms with Gasteiger partial charge in [0.15, 0.2) is 5.60 Å². The zero-order chi connectivity index (χ0) is 17.7. The van der Waals surface area contributed by atoms with Crippen LogP contribution in [0.1, 0.15) is 30.9 Å². The minimum atomic E-state index is -1.12. The summed E-state index contributed by atoms with van der Waals surface area (Å²) in [7, 11) is 1.49. The molecule has 0 aliphatic carbocycles. The molecule has 126 valence electrons. The number of aliphatic carboxylic acids is 1. The maximum Gasteiger partial charge on any atom is 0.310 e. The monoisotopic (exact) mass is 327 g/mol. The van der Waals surface area contributed by atoms with Crippen LogP contribution in [0.15, 0.2) is 54.6 Å². The molecule has 2 aromatic rings. The number of anilines is 1. The van der Waals surface area contributed by atoms with E-state index in [1.807, 2.05) is 30.3 Å². The lowest BCUT2D eigenvalue weighted by molar-refractivity contribution is -0.138. The lowest BCUT2D eigenvalue weighted by atomic mass is 9.94. The third-order valence-corrected chi connectivity index (χ3v) is 4.21. The highest BCUT2D eigenvalue weighted by molar-refractivity contribution is 5.97. The maximum absolute atomic E-state index is 12.7. The van der Waals surface area contributed by atoms with Gasteiger partial charge < -0.3 is 15.2 Å². The molecule has 2 rings (SSSR count). The van der Waals surface area contributed by atoms with E-state index >= 15 is 0 Å². The number of carboxylic acid groups (broad SMARTS) is 1. The second kappa shape index (κ2) is 7.27. The van der Waals surface area contributed by atoms with E-state index in [9.17, 15) is 9.59 Å². The van der Waals surface area contributed by atoms with Gasteiger partial charge in [-0.2, -0.15) is 0 Å². The average molecular weight is 327 g/mol. The molecule has 2 unspecified atom stereocenters. The van der Waals surface area contributed by atoms with Crippen LogP contribution in [0.4, 0.5) is 5.69 Å². The number of carboxylic acids is 1. The lowest BCUT2D eigenvalue weighted by Crippen LogP contribution is -2.39. The number of hydrogen-bond acceptors (Lipinski definition) is 3. The summed E-state index contributed by atoms with van der Waals surface area (Å²) in [5.41, 5.74) is 0.897. The number of hydrogen-bond donors (Lipinski definition) is 2. The van der Waals surface area contributed by atoms with E-state index in [0.717, 1.165) is 5.56 Å². The molecule has 2 aromatic carbocycles. The topological polar surface area (TPSA) is 75.6 Å². The Balaban J connectivity index is 2.18. The van der Waals surface area contributed by atoms with E-state index in [0.29, 0.717) is 11.3 Å². The number of carbonyl (C=O) groups is 2. The molecule has 2 atom stereocenters. The maximum atomic E-state index is 12.7. The molecule has 0 saturated carbocycles. The van der Waals surface area contributed by atoms with Gasteiger partial charge >= 0.3 is 5.97 Å². The Hall–Kier alpha value is -2.66. The van der Waals surface area contributed by atoms with E-state index in [1.54, 1.807) is 38.1 Å². The minimum absolute atomic E-state index is 0.296. The van der Waals surface area contributed by atoms with Gasteiger partial charge in [0.1, 0.15) is 0 Å². The normalized spacial score (nSPS) is 14.5. The van der Waals surface area contributed by atoms with Crippen molar-refractivity contribution in [2.45, 2.75) is 25.4 Å². The first kappa shape index (κ1) is 17.7. The van der Waals surface area contributed by atoms with E-state index in [4.69, 9.17) is 9.84 Å². The fraction of sp³-hybridized carbons (Fsp3) is 0.263. The first-order valence-electron chi connectivity index (χ1n) is 7.63. The Bertz CT molecular complexity index is 712. The second-order valence-corrected chi connectivity index (χ2v) is 5.74. The van der Waals surface area contributed by atoms with E-state index in [1.165, 1.54) is 7.11 Å². The number of rotatable bonds is 6. The van der Waals surface area contributed by atoms with Crippen molar-refractivity contribution in [1.82, 2.24) is 0 Å². The van der Waals surface area contributed by atoms with Gasteiger partial charge in [-0.15, -0.1) is 0 Å². The molecule has 0 saturated heterocycles. The summed E-state index contributed by atoms with van der Waals surface area (Å²) in [5.74, 6) is -1.78. The number of benzene rings is 2. The molecule has 2 N–H and O–H groups in total. The molecular weight excluding hydrogens is 306 g/mol. The number of nitrogens with one attached hydrogen (secondary N) is 1. The smallest absolute Gasteiger partial charge is 0.310 e. The van der Waals surface area contributed by atoms with Crippen molar-refractivity contribution < 1.29 is 19.4 Å². The highest BCUT2D eigenvalue weighted by Gasteiger charge is 2.35. The Morgan fingerprint density at radius 2 is 1.67 bits per heavy atom. The van der Waals surface area contributed by atoms with Crippen molar-refractivity contribution in [3.8, 4) is 0 Å². The summed E-state index contributed by atoms with van der Waals surface area (Å²) in [6.07, 6.45) is 0. The molecule has 0 aliphatic rings. The molecule has 1 amide bonds. The van der Waals surface area contributed by atoms with Gasteiger partial charge in [-0.25, -0.2) is 0 Å².